The number of hydrogen-bond acceptors (Lipinski definition) is 2. The molecule has 3 atom stereocenters. The van der Waals surface area contributed by atoms with E-state index < -0.39 is 0 Å². The fourth-order valence-electron chi connectivity index (χ4n) is 3.08. The van der Waals surface area contributed by atoms with Crippen molar-refractivity contribution >= 4 is 0 Å². The molecule has 0 spiro atoms. The molecule has 2 heteroatoms. The topological polar surface area (TPSA) is 21.3 Å². The summed E-state index contributed by atoms with van der Waals surface area (Å²) in [6.07, 6.45) is 5.80. The number of ether oxygens (including phenoxy) is 1. The van der Waals surface area contributed by atoms with Gasteiger partial charge in [-0.25, -0.2) is 0 Å². The van der Waals surface area contributed by atoms with Crippen LogP contribution in [0.4, 0.5) is 0 Å². The molecule has 0 bridgehead atoms. The van der Waals surface area contributed by atoms with E-state index in [9.17, 15) is 0 Å². The molecular weight excluding hydrogens is 234 g/mol. The molecule has 3 unspecified atom stereocenters. The van der Waals surface area contributed by atoms with Crippen LogP contribution in [0.25, 0.3) is 0 Å². The van der Waals surface area contributed by atoms with Crippen LogP contribution in [0.1, 0.15) is 37.7 Å². The first kappa shape index (κ1) is 12.7. The van der Waals surface area contributed by atoms with Crippen LogP contribution >= 0.6 is 0 Å². The van der Waals surface area contributed by atoms with Gasteiger partial charge >= 0.3 is 0 Å². The lowest BCUT2D eigenvalue weighted by molar-refractivity contribution is 0.207. The van der Waals surface area contributed by atoms with Crippen molar-refractivity contribution in [1.29, 1.82) is 0 Å². The maximum absolute atomic E-state index is 5.80. The van der Waals surface area contributed by atoms with E-state index in [-0.39, 0.29) is 0 Å². The minimum atomic E-state index is 0.424. The van der Waals surface area contributed by atoms with Crippen LogP contribution in [0.5, 0.6) is 0 Å². The highest BCUT2D eigenvalue weighted by Gasteiger charge is 2.45. The first-order valence-electron chi connectivity index (χ1n) is 7.51. The third-order valence-electron chi connectivity index (χ3n) is 4.15. The molecule has 0 saturated heterocycles. The summed E-state index contributed by atoms with van der Waals surface area (Å²) in [6.45, 7) is 4.15. The summed E-state index contributed by atoms with van der Waals surface area (Å²) < 4.78 is 5.80. The van der Waals surface area contributed by atoms with E-state index in [1.807, 2.05) is 0 Å². The summed E-state index contributed by atoms with van der Waals surface area (Å²) in [5.74, 6) is 2.61. The van der Waals surface area contributed by atoms with Gasteiger partial charge in [-0.2, -0.15) is 0 Å². The lowest BCUT2D eigenvalue weighted by Crippen LogP contribution is -2.34. The predicted molar refractivity (Wildman–Crippen MR) is 78.0 cm³/mol. The Morgan fingerprint density at radius 2 is 2.16 bits per heavy atom. The molecule has 102 valence electrons. The molecule has 1 aliphatic carbocycles. The Kier molecular flexibility index (Phi) is 3.88. The Balaban J connectivity index is 1.68. The minimum absolute atomic E-state index is 0.424. The quantitative estimate of drug-likeness (QED) is 0.842. The summed E-state index contributed by atoms with van der Waals surface area (Å²) in [5, 5.41) is 3.68. The highest BCUT2D eigenvalue weighted by Crippen LogP contribution is 2.51. The Morgan fingerprint density at radius 1 is 1.32 bits per heavy atom. The SMILES string of the molecule is CCCNC(C1=CCCO1)C1CC1c1ccccc1. The molecule has 1 heterocycles. The van der Waals surface area contributed by atoms with Crippen molar-refractivity contribution in [3.63, 3.8) is 0 Å². The van der Waals surface area contributed by atoms with Crippen molar-refractivity contribution in [3.05, 3.63) is 47.7 Å². The average molecular weight is 257 g/mol. The van der Waals surface area contributed by atoms with Crippen LogP contribution in [-0.4, -0.2) is 19.2 Å². The molecule has 2 aliphatic rings. The molecule has 1 N–H and O–H groups in total. The standard InChI is InChI=1S/C17H23NO/c1-2-10-18-17(16-9-6-11-19-16)15-12-14(15)13-7-4-3-5-8-13/h3-5,7-9,14-15,17-18H,2,6,10-12H2,1H3. The molecular formula is C17H23NO. The normalized spacial score (nSPS) is 26.7. The van der Waals surface area contributed by atoms with Gasteiger partial charge in [-0.05, 0) is 42.9 Å². The molecule has 1 aromatic rings. The smallest absolute Gasteiger partial charge is 0.109 e. The van der Waals surface area contributed by atoms with Crippen LogP contribution < -0.4 is 5.32 Å². The first-order chi connectivity index (χ1) is 9.40. The maximum Gasteiger partial charge on any atom is 0.109 e. The van der Waals surface area contributed by atoms with Crippen molar-refractivity contribution in [3.8, 4) is 0 Å². The summed E-state index contributed by atoms with van der Waals surface area (Å²) >= 11 is 0. The van der Waals surface area contributed by atoms with E-state index in [2.05, 4.69) is 48.6 Å². The number of benzene rings is 1. The van der Waals surface area contributed by atoms with Crippen molar-refractivity contribution < 1.29 is 4.74 Å². The maximum atomic E-state index is 5.80. The predicted octanol–water partition coefficient (Wildman–Crippen LogP) is 3.46. The molecule has 1 fully saturated rings. The zero-order valence-corrected chi connectivity index (χ0v) is 11.6. The molecule has 0 amide bonds. The Labute approximate surface area is 115 Å². The molecule has 1 aliphatic heterocycles. The van der Waals surface area contributed by atoms with Crippen LogP contribution in [0, 0.1) is 5.92 Å². The van der Waals surface area contributed by atoms with Crippen LogP contribution in [-0.2, 0) is 4.74 Å². The van der Waals surface area contributed by atoms with E-state index in [4.69, 9.17) is 4.74 Å². The third-order valence-corrected chi connectivity index (χ3v) is 4.15. The van der Waals surface area contributed by atoms with Crippen molar-refractivity contribution in [2.24, 2.45) is 5.92 Å². The molecule has 0 radical (unpaired) electrons. The van der Waals surface area contributed by atoms with Gasteiger partial charge in [0.15, 0.2) is 0 Å². The second-order valence-corrected chi connectivity index (χ2v) is 5.59. The Bertz CT molecular complexity index is 440. The lowest BCUT2D eigenvalue weighted by atomic mass is 10.0. The van der Waals surface area contributed by atoms with Crippen LogP contribution in [0.3, 0.4) is 0 Å². The van der Waals surface area contributed by atoms with Gasteiger partial charge in [0.25, 0.3) is 0 Å². The minimum Gasteiger partial charge on any atom is -0.496 e. The highest BCUT2D eigenvalue weighted by atomic mass is 16.5. The largest absolute Gasteiger partial charge is 0.496 e. The van der Waals surface area contributed by atoms with E-state index in [0.29, 0.717) is 17.9 Å². The lowest BCUT2D eigenvalue weighted by Gasteiger charge is -2.20. The summed E-state index contributed by atoms with van der Waals surface area (Å²) in [7, 11) is 0. The molecule has 2 nitrogen and oxygen atoms in total. The van der Waals surface area contributed by atoms with Gasteiger partial charge in [0, 0.05) is 6.42 Å². The third kappa shape index (κ3) is 2.84. The van der Waals surface area contributed by atoms with Crippen molar-refractivity contribution in [1.82, 2.24) is 5.32 Å². The fraction of sp³-hybridized carbons (Fsp3) is 0.529. The zero-order chi connectivity index (χ0) is 13.1. The molecule has 0 aromatic heterocycles. The highest BCUT2D eigenvalue weighted by molar-refractivity contribution is 5.29. The van der Waals surface area contributed by atoms with Crippen molar-refractivity contribution in [2.45, 2.75) is 38.1 Å². The van der Waals surface area contributed by atoms with Gasteiger partial charge in [-0.15, -0.1) is 0 Å². The number of hydrogen-bond donors (Lipinski definition) is 1. The van der Waals surface area contributed by atoms with Gasteiger partial charge in [0.05, 0.1) is 12.6 Å². The summed E-state index contributed by atoms with van der Waals surface area (Å²) in [5.41, 5.74) is 1.48. The summed E-state index contributed by atoms with van der Waals surface area (Å²) in [6, 6.07) is 11.3. The Morgan fingerprint density at radius 3 is 2.84 bits per heavy atom. The molecule has 1 saturated carbocycles. The fourth-order valence-corrected chi connectivity index (χ4v) is 3.08. The van der Waals surface area contributed by atoms with Crippen LogP contribution in [0.15, 0.2) is 42.2 Å². The van der Waals surface area contributed by atoms with E-state index >= 15 is 0 Å². The zero-order valence-electron chi connectivity index (χ0n) is 11.6. The van der Waals surface area contributed by atoms with Gasteiger partial charge in [0.1, 0.15) is 5.76 Å². The monoisotopic (exact) mass is 257 g/mol. The molecule has 1 aromatic carbocycles. The second-order valence-electron chi connectivity index (χ2n) is 5.59. The number of nitrogens with one attached hydrogen (secondary N) is 1. The van der Waals surface area contributed by atoms with Crippen molar-refractivity contribution in [2.75, 3.05) is 13.2 Å². The van der Waals surface area contributed by atoms with Gasteiger partial charge in [0.2, 0.25) is 0 Å². The Hall–Kier alpha value is -1.28. The van der Waals surface area contributed by atoms with Gasteiger partial charge in [-0.3, -0.25) is 0 Å². The first-order valence-corrected chi connectivity index (χ1v) is 7.51. The van der Waals surface area contributed by atoms with Gasteiger partial charge in [-0.1, -0.05) is 37.3 Å². The molecule has 19 heavy (non-hydrogen) atoms. The number of rotatable bonds is 6. The second kappa shape index (κ2) is 5.79. The summed E-state index contributed by atoms with van der Waals surface area (Å²) in [4.78, 5) is 0. The molecule has 3 rings (SSSR count). The van der Waals surface area contributed by atoms with Crippen LogP contribution in [0.2, 0.25) is 0 Å². The van der Waals surface area contributed by atoms with Gasteiger partial charge < -0.3 is 10.1 Å². The van der Waals surface area contributed by atoms with E-state index in [0.717, 1.165) is 19.6 Å². The van der Waals surface area contributed by atoms with E-state index in [1.54, 1.807) is 0 Å². The average Bonchev–Trinajstić information content (AvgIpc) is 3.05. The van der Waals surface area contributed by atoms with E-state index in [1.165, 1.54) is 24.2 Å².